The van der Waals surface area contributed by atoms with Crippen molar-refractivity contribution in [3.05, 3.63) is 48.6 Å². The lowest BCUT2D eigenvalue weighted by atomic mass is 9.99. The van der Waals surface area contributed by atoms with Crippen molar-refractivity contribution < 1.29 is 39.8 Å². The van der Waals surface area contributed by atoms with Gasteiger partial charge in [-0.3, -0.25) is 4.79 Å². The molecule has 7 unspecified atom stereocenters. The Bertz CT molecular complexity index is 1170. The molecule has 1 rings (SSSR count). The lowest BCUT2D eigenvalue weighted by Crippen LogP contribution is -2.60. The molecule has 9 nitrogen and oxygen atoms in total. The van der Waals surface area contributed by atoms with E-state index in [9.17, 15) is 30.3 Å². The van der Waals surface area contributed by atoms with Crippen LogP contribution >= 0.6 is 0 Å². The highest BCUT2D eigenvalue weighted by atomic mass is 16.7. The van der Waals surface area contributed by atoms with E-state index in [1.165, 1.54) is 186 Å². The molecule has 0 radical (unpaired) electrons. The Morgan fingerprint density at radius 3 is 1.27 bits per heavy atom. The summed E-state index contributed by atoms with van der Waals surface area (Å²) in [6, 6.07) is -0.828. The summed E-state index contributed by atoms with van der Waals surface area (Å²) in [5, 5.41) is 54.4. The van der Waals surface area contributed by atoms with Crippen molar-refractivity contribution in [2.24, 2.45) is 0 Å². The van der Waals surface area contributed by atoms with Crippen LogP contribution in [0.3, 0.4) is 0 Å². The average Bonchev–Trinajstić information content (AvgIpc) is 3.32. The van der Waals surface area contributed by atoms with Crippen LogP contribution in [0.2, 0.25) is 0 Å². The van der Waals surface area contributed by atoms with Gasteiger partial charge in [-0.15, -0.1) is 0 Å². The first kappa shape index (κ1) is 62.2. The topological polar surface area (TPSA) is 149 Å². The standard InChI is InChI=1S/C57H105NO8/c1-3-5-7-9-11-13-15-17-19-21-23-24-25-26-27-28-29-31-33-35-37-39-41-43-45-47-53(61)58-50(49-65-57-56(64)55(63)54(62)52(48-59)66-57)51(60)46-44-42-40-38-36-34-32-30-22-20-18-16-14-12-10-8-6-4-2/h21-23,30,36,38,44,46,50-52,54-57,59-60,62-64H,3-20,24-29,31-35,37,39-43,45,47-49H2,1-2H3,(H,58,61)/b23-21-,30-22+,38-36+,46-44+. The van der Waals surface area contributed by atoms with Crippen LogP contribution in [0.1, 0.15) is 251 Å². The van der Waals surface area contributed by atoms with Crippen LogP contribution in [0.4, 0.5) is 0 Å². The number of ether oxygens (including phenoxy) is 2. The van der Waals surface area contributed by atoms with Gasteiger partial charge in [-0.25, -0.2) is 0 Å². The van der Waals surface area contributed by atoms with Crippen molar-refractivity contribution in [1.29, 1.82) is 0 Å². The van der Waals surface area contributed by atoms with E-state index >= 15 is 0 Å². The van der Waals surface area contributed by atoms with E-state index in [0.717, 1.165) is 44.9 Å². The van der Waals surface area contributed by atoms with E-state index in [1.54, 1.807) is 6.08 Å². The number of amides is 1. The fraction of sp³-hybridized carbons (Fsp3) is 0.842. The summed E-state index contributed by atoms with van der Waals surface area (Å²) in [6.07, 6.45) is 54.6. The van der Waals surface area contributed by atoms with Gasteiger partial charge in [-0.2, -0.15) is 0 Å². The molecule has 9 heteroatoms. The second kappa shape index (κ2) is 46.9. The summed E-state index contributed by atoms with van der Waals surface area (Å²) >= 11 is 0. The van der Waals surface area contributed by atoms with E-state index in [-0.39, 0.29) is 12.5 Å². The number of aliphatic hydroxyl groups is 5. The van der Waals surface area contributed by atoms with Gasteiger partial charge in [0.2, 0.25) is 5.91 Å². The summed E-state index contributed by atoms with van der Waals surface area (Å²) in [5.41, 5.74) is 0. The van der Waals surface area contributed by atoms with E-state index < -0.39 is 49.5 Å². The van der Waals surface area contributed by atoms with Crippen LogP contribution in [-0.4, -0.2) is 87.5 Å². The van der Waals surface area contributed by atoms with Crippen molar-refractivity contribution in [2.45, 2.75) is 294 Å². The van der Waals surface area contributed by atoms with E-state index in [0.29, 0.717) is 6.42 Å². The minimum Gasteiger partial charge on any atom is -0.394 e. The van der Waals surface area contributed by atoms with E-state index in [2.05, 4.69) is 55.6 Å². The first-order valence-electron chi connectivity index (χ1n) is 27.9. The molecule has 1 saturated heterocycles. The SMILES string of the molecule is CCCCCCCCCC/C=C\CCCCCCCCCCCCCCCC(=O)NC(COC1OC(CO)C(O)C(O)C1O)C(O)/C=C/CC/C=C/CC/C=C/CCCCCCCCCC. The summed E-state index contributed by atoms with van der Waals surface area (Å²) in [4.78, 5) is 13.0. The number of hydrogen-bond donors (Lipinski definition) is 6. The molecule has 0 saturated carbocycles. The normalized spacial score (nSPS) is 20.1. The number of allylic oxidation sites excluding steroid dienone is 7. The zero-order chi connectivity index (χ0) is 48.0. The van der Waals surface area contributed by atoms with Crippen LogP contribution in [0.5, 0.6) is 0 Å². The smallest absolute Gasteiger partial charge is 0.220 e. The summed E-state index contributed by atoms with van der Waals surface area (Å²) < 4.78 is 11.2. The Morgan fingerprint density at radius 2 is 0.864 bits per heavy atom. The lowest BCUT2D eigenvalue weighted by molar-refractivity contribution is -0.302. The predicted octanol–water partition coefficient (Wildman–Crippen LogP) is 13.3. The Balaban J connectivity index is 2.26. The van der Waals surface area contributed by atoms with Gasteiger partial charge in [-0.1, -0.05) is 223 Å². The third kappa shape index (κ3) is 36.2. The van der Waals surface area contributed by atoms with Gasteiger partial charge in [0.15, 0.2) is 6.29 Å². The molecule has 1 fully saturated rings. The van der Waals surface area contributed by atoms with Crippen molar-refractivity contribution in [2.75, 3.05) is 13.2 Å². The molecule has 0 aromatic rings. The van der Waals surface area contributed by atoms with Crippen molar-refractivity contribution in [3.8, 4) is 0 Å². The van der Waals surface area contributed by atoms with Crippen LogP contribution < -0.4 is 5.32 Å². The fourth-order valence-electron chi connectivity index (χ4n) is 8.65. The number of aliphatic hydroxyl groups excluding tert-OH is 5. The maximum Gasteiger partial charge on any atom is 0.220 e. The van der Waals surface area contributed by atoms with Gasteiger partial charge < -0.3 is 40.3 Å². The molecule has 66 heavy (non-hydrogen) atoms. The molecule has 0 bridgehead atoms. The maximum absolute atomic E-state index is 13.0. The van der Waals surface area contributed by atoms with Gasteiger partial charge in [0.05, 0.1) is 25.4 Å². The molecule has 7 atom stereocenters. The maximum atomic E-state index is 13.0. The first-order chi connectivity index (χ1) is 32.3. The molecule has 0 aromatic heterocycles. The molecule has 386 valence electrons. The Hall–Kier alpha value is -1.85. The molecule has 1 aliphatic rings. The monoisotopic (exact) mass is 932 g/mol. The number of unbranched alkanes of at least 4 members (excludes halogenated alkanes) is 31. The quantitative estimate of drug-likeness (QED) is 0.0261. The zero-order valence-corrected chi connectivity index (χ0v) is 42.7. The van der Waals surface area contributed by atoms with Crippen LogP contribution in [-0.2, 0) is 14.3 Å². The van der Waals surface area contributed by atoms with E-state index in [4.69, 9.17) is 9.47 Å². The van der Waals surface area contributed by atoms with Gasteiger partial charge in [-0.05, 0) is 70.6 Å². The van der Waals surface area contributed by atoms with Crippen LogP contribution in [0, 0.1) is 0 Å². The zero-order valence-electron chi connectivity index (χ0n) is 42.7. The number of nitrogens with one attached hydrogen (secondary N) is 1. The fourth-order valence-corrected chi connectivity index (χ4v) is 8.65. The number of rotatable bonds is 47. The summed E-state index contributed by atoms with van der Waals surface area (Å²) in [5.74, 6) is -0.190. The third-order valence-electron chi connectivity index (χ3n) is 13.1. The van der Waals surface area contributed by atoms with Crippen molar-refractivity contribution in [3.63, 3.8) is 0 Å². The lowest BCUT2D eigenvalue weighted by Gasteiger charge is -2.40. The molecular weight excluding hydrogens is 827 g/mol. The molecule has 1 aliphatic heterocycles. The minimum absolute atomic E-state index is 0.190. The van der Waals surface area contributed by atoms with Crippen molar-refractivity contribution >= 4 is 5.91 Å². The number of carbonyl (C=O) groups excluding carboxylic acids is 1. The van der Waals surface area contributed by atoms with Crippen LogP contribution in [0.15, 0.2) is 48.6 Å². The molecule has 1 heterocycles. The summed E-state index contributed by atoms with van der Waals surface area (Å²) in [6.45, 7) is 3.77. The summed E-state index contributed by atoms with van der Waals surface area (Å²) in [7, 11) is 0. The molecule has 6 N–H and O–H groups in total. The Morgan fingerprint density at radius 1 is 0.500 bits per heavy atom. The highest BCUT2D eigenvalue weighted by molar-refractivity contribution is 5.76. The minimum atomic E-state index is -1.57. The first-order valence-corrected chi connectivity index (χ1v) is 27.9. The Labute approximate surface area is 405 Å². The second-order valence-electron chi connectivity index (χ2n) is 19.4. The number of carbonyl (C=O) groups is 1. The molecule has 0 aromatic carbocycles. The molecule has 0 aliphatic carbocycles. The molecule has 1 amide bonds. The second-order valence-corrected chi connectivity index (χ2v) is 19.4. The van der Waals surface area contributed by atoms with Crippen LogP contribution in [0.25, 0.3) is 0 Å². The third-order valence-corrected chi connectivity index (χ3v) is 13.1. The van der Waals surface area contributed by atoms with Gasteiger partial charge in [0.25, 0.3) is 0 Å². The van der Waals surface area contributed by atoms with Gasteiger partial charge in [0.1, 0.15) is 24.4 Å². The highest BCUT2D eigenvalue weighted by Gasteiger charge is 2.44. The number of hydrogen-bond acceptors (Lipinski definition) is 8. The molecular formula is C57H105NO8. The Kier molecular flexibility index (Phi) is 44.1. The van der Waals surface area contributed by atoms with E-state index in [1.807, 2.05) is 6.08 Å². The molecule has 0 spiro atoms. The van der Waals surface area contributed by atoms with Gasteiger partial charge >= 0.3 is 0 Å². The van der Waals surface area contributed by atoms with Gasteiger partial charge in [0, 0.05) is 6.42 Å². The van der Waals surface area contributed by atoms with Crippen molar-refractivity contribution in [1.82, 2.24) is 5.32 Å². The largest absolute Gasteiger partial charge is 0.394 e. The average molecular weight is 932 g/mol. The highest BCUT2D eigenvalue weighted by Crippen LogP contribution is 2.23. The predicted molar refractivity (Wildman–Crippen MR) is 276 cm³/mol.